The van der Waals surface area contributed by atoms with Crippen molar-refractivity contribution in [3.63, 3.8) is 0 Å². The number of unbranched alkanes of at least 4 members (excludes halogenated alkanes) is 30. The molecule has 0 aromatic carbocycles. The summed E-state index contributed by atoms with van der Waals surface area (Å²) in [6.07, 6.45) is 42.3. The molecule has 0 aliphatic rings. The molecule has 0 aromatic rings. The third-order valence-electron chi connectivity index (χ3n) is 10.8. The Morgan fingerprint density at radius 3 is 0.907 bits per heavy atom. The van der Waals surface area contributed by atoms with Gasteiger partial charge in [0.1, 0.15) is 13.2 Å². The van der Waals surface area contributed by atoms with Crippen LogP contribution in [0.2, 0.25) is 0 Å². The van der Waals surface area contributed by atoms with E-state index in [0.29, 0.717) is 19.3 Å². The van der Waals surface area contributed by atoms with Crippen LogP contribution in [0, 0.1) is 5.92 Å². The third-order valence-corrected chi connectivity index (χ3v) is 10.8. The van der Waals surface area contributed by atoms with Crippen LogP contribution in [0.4, 0.5) is 0 Å². The molecule has 54 heavy (non-hydrogen) atoms. The smallest absolute Gasteiger partial charge is 0.306 e. The molecule has 0 amide bonds. The van der Waals surface area contributed by atoms with Gasteiger partial charge in [-0.2, -0.15) is 0 Å². The minimum absolute atomic E-state index is 0.0638. The highest BCUT2D eigenvalue weighted by molar-refractivity contribution is 5.71. The molecule has 0 fully saturated rings. The number of hydrogen-bond acceptors (Lipinski definition) is 6. The SMILES string of the molecule is CCCCCCCCCCCCCCCCC(=O)OC[C@@H](COC(=O)CCCCCCCCCC(C)C)OC(=O)CCCCCCCCCCCCCC. The molecule has 0 aliphatic heterocycles. The fraction of sp³-hybridized carbons (Fsp3) is 0.938. The van der Waals surface area contributed by atoms with Gasteiger partial charge in [-0.15, -0.1) is 0 Å². The summed E-state index contributed by atoms with van der Waals surface area (Å²) in [5.74, 6) is -0.0714. The molecule has 320 valence electrons. The zero-order valence-corrected chi connectivity index (χ0v) is 36.7. The van der Waals surface area contributed by atoms with Gasteiger partial charge in [-0.3, -0.25) is 14.4 Å². The van der Waals surface area contributed by atoms with E-state index in [0.717, 1.165) is 63.7 Å². The van der Waals surface area contributed by atoms with Crippen LogP contribution in [-0.2, 0) is 28.6 Å². The minimum atomic E-state index is -0.759. The molecular weight excluding hydrogens is 673 g/mol. The highest BCUT2D eigenvalue weighted by Crippen LogP contribution is 2.16. The first-order valence-corrected chi connectivity index (χ1v) is 23.9. The van der Waals surface area contributed by atoms with E-state index in [4.69, 9.17) is 14.2 Å². The van der Waals surface area contributed by atoms with E-state index in [1.54, 1.807) is 0 Å². The van der Waals surface area contributed by atoms with Gasteiger partial charge in [0.2, 0.25) is 0 Å². The molecule has 6 heteroatoms. The maximum Gasteiger partial charge on any atom is 0.306 e. The predicted octanol–water partition coefficient (Wildman–Crippen LogP) is 15.1. The number of esters is 3. The van der Waals surface area contributed by atoms with Gasteiger partial charge < -0.3 is 14.2 Å². The summed E-state index contributed by atoms with van der Waals surface area (Å²) in [6.45, 7) is 8.96. The van der Waals surface area contributed by atoms with Crippen LogP contribution < -0.4 is 0 Å². The topological polar surface area (TPSA) is 78.9 Å². The Labute approximate surface area is 336 Å². The predicted molar refractivity (Wildman–Crippen MR) is 229 cm³/mol. The van der Waals surface area contributed by atoms with Crippen LogP contribution >= 0.6 is 0 Å². The van der Waals surface area contributed by atoms with E-state index < -0.39 is 6.10 Å². The summed E-state index contributed by atoms with van der Waals surface area (Å²) in [6, 6.07) is 0. The van der Waals surface area contributed by atoms with Crippen LogP contribution in [0.15, 0.2) is 0 Å². The zero-order chi connectivity index (χ0) is 39.6. The average Bonchev–Trinajstić information content (AvgIpc) is 3.15. The molecule has 0 bridgehead atoms. The van der Waals surface area contributed by atoms with Crippen molar-refractivity contribution in [2.75, 3.05) is 13.2 Å². The molecule has 0 heterocycles. The van der Waals surface area contributed by atoms with Crippen LogP contribution in [0.3, 0.4) is 0 Å². The lowest BCUT2D eigenvalue weighted by molar-refractivity contribution is -0.167. The second-order valence-electron chi connectivity index (χ2n) is 16.9. The molecule has 1 atom stereocenters. The van der Waals surface area contributed by atoms with E-state index >= 15 is 0 Å². The molecule has 0 unspecified atom stereocenters. The molecule has 0 aliphatic carbocycles. The summed E-state index contributed by atoms with van der Waals surface area (Å²) < 4.78 is 16.7. The molecule has 0 spiro atoms. The first-order valence-electron chi connectivity index (χ1n) is 23.9. The number of rotatable bonds is 43. The lowest BCUT2D eigenvalue weighted by Crippen LogP contribution is -2.30. The Morgan fingerprint density at radius 1 is 0.352 bits per heavy atom. The Balaban J connectivity index is 4.31. The summed E-state index contributed by atoms with van der Waals surface area (Å²) in [4.78, 5) is 37.7. The summed E-state index contributed by atoms with van der Waals surface area (Å²) in [5, 5.41) is 0. The summed E-state index contributed by atoms with van der Waals surface area (Å²) in [7, 11) is 0. The highest BCUT2D eigenvalue weighted by Gasteiger charge is 2.19. The Bertz CT molecular complexity index is 811. The molecule has 0 saturated carbocycles. The van der Waals surface area contributed by atoms with Crippen LogP contribution in [0.5, 0.6) is 0 Å². The van der Waals surface area contributed by atoms with Crippen molar-refractivity contribution in [3.8, 4) is 0 Å². The zero-order valence-electron chi connectivity index (χ0n) is 36.7. The first kappa shape index (κ1) is 52.4. The van der Waals surface area contributed by atoms with Crippen molar-refractivity contribution in [1.82, 2.24) is 0 Å². The molecular formula is C48H92O6. The van der Waals surface area contributed by atoms with E-state index in [2.05, 4.69) is 27.7 Å². The van der Waals surface area contributed by atoms with Gasteiger partial charge in [-0.25, -0.2) is 0 Å². The molecule has 0 radical (unpaired) electrons. The van der Waals surface area contributed by atoms with E-state index in [1.807, 2.05) is 0 Å². The van der Waals surface area contributed by atoms with Gasteiger partial charge in [-0.05, 0) is 25.2 Å². The molecule has 6 nitrogen and oxygen atoms in total. The lowest BCUT2D eigenvalue weighted by atomic mass is 10.0. The minimum Gasteiger partial charge on any atom is -0.462 e. The van der Waals surface area contributed by atoms with Crippen molar-refractivity contribution < 1.29 is 28.6 Å². The van der Waals surface area contributed by atoms with E-state index in [1.165, 1.54) is 161 Å². The Morgan fingerprint density at radius 2 is 0.611 bits per heavy atom. The molecule has 0 saturated heterocycles. The van der Waals surface area contributed by atoms with Gasteiger partial charge in [0.15, 0.2) is 6.10 Å². The summed E-state index contributed by atoms with van der Waals surface area (Å²) in [5.41, 5.74) is 0. The molecule has 0 aromatic heterocycles. The van der Waals surface area contributed by atoms with Crippen LogP contribution in [-0.4, -0.2) is 37.2 Å². The van der Waals surface area contributed by atoms with Crippen molar-refractivity contribution >= 4 is 17.9 Å². The monoisotopic (exact) mass is 765 g/mol. The number of carbonyl (C=O) groups is 3. The molecule has 0 N–H and O–H groups in total. The van der Waals surface area contributed by atoms with Crippen molar-refractivity contribution in [3.05, 3.63) is 0 Å². The summed E-state index contributed by atoms with van der Waals surface area (Å²) >= 11 is 0. The third kappa shape index (κ3) is 41.6. The second kappa shape index (κ2) is 42.6. The lowest BCUT2D eigenvalue weighted by Gasteiger charge is -2.18. The van der Waals surface area contributed by atoms with Crippen LogP contribution in [0.1, 0.15) is 265 Å². The largest absolute Gasteiger partial charge is 0.462 e. The Hall–Kier alpha value is -1.59. The number of carbonyl (C=O) groups excluding carboxylic acids is 3. The molecule has 0 rings (SSSR count). The van der Waals surface area contributed by atoms with E-state index in [-0.39, 0.29) is 31.1 Å². The van der Waals surface area contributed by atoms with Crippen molar-refractivity contribution in [2.24, 2.45) is 5.92 Å². The first-order chi connectivity index (χ1) is 26.4. The fourth-order valence-electron chi connectivity index (χ4n) is 7.16. The average molecular weight is 765 g/mol. The standard InChI is InChI=1S/C48H92O6/c1-5-7-9-11-13-15-17-19-20-22-23-27-31-35-39-46(49)52-42-45(43-53-47(50)40-36-32-29-25-26-30-34-38-44(3)4)54-48(51)41-37-33-28-24-21-18-16-14-12-10-8-6-2/h44-45H,5-43H2,1-4H3/t45-/m0/s1. The van der Waals surface area contributed by atoms with Gasteiger partial charge in [0.25, 0.3) is 0 Å². The van der Waals surface area contributed by atoms with E-state index in [9.17, 15) is 14.4 Å². The maximum atomic E-state index is 12.7. The number of hydrogen-bond donors (Lipinski definition) is 0. The highest BCUT2D eigenvalue weighted by atomic mass is 16.6. The van der Waals surface area contributed by atoms with Gasteiger partial charge in [-0.1, -0.05) is 227 Å². The van der Waals surface area contributed by atoms with Gasteiger partial charge >= 0.3 is 17.9 Å². The van der Waals surface area contributed by atoms with Gasteiger partial charge in [0, 0.05) is 19.3 Å². The second-order valence-corrected chi connectivity index (χ2v) is 16.9. The van der Waals surface area contributed by atoms with Crippen molar-refractivity contribution in [1.29, 1.82) is 0 Å². The Kier molecular flexibility index (Phi) is 41.3. The fourth-order valence-corrected chi connectivity index (χ4v) is 7.16. The maximum absolute atomic E-state index is 12.7. The normalized spacial score (nSPS) is 11.9. The van der Waals surface area contributed by atoms with Gasteiger partial charge in [0.05, 0.1) is 0 Å². The van der Waals surface area contributed by atoms with Crippen LogP contribution in [0.25, 0.3) is 0 Å². The number of ether oxygens (including phenoxy) is 3. The quantitative estimate of drug-likeness (QED) is 0.0349. The van der Waals surface area contributed by atoms with Crippen molar-refractivity contribution in [2.45, 2.75) is 271 Å².